The predicted molar refractivity (Wildman–Crippen MR) is 83.7 cm³/mol. The molecule has 0 aliphatic carbocycles. The first-order valence-electron chi connectivity index (χ1n) is 7.26. The molecule has 0 amide bonds. The van der Waals surface area contributed by atoms with Gasteiger partial charge in [0.05, 0.1) is 6.54 Å². The summed E-state index contributed by atoms with van der Waals surface area (Å²) in [5, 5.41) is 8.55. The lowest BCUT2D eigenvalue weighted by Gasteiger charge is -2.06. The largest absolute Gasteiger partial charge is 0.253 e. The molecule has 0 radical (unpaired) electrons. The van der Waals surface area contributed by atoms with Crippen molar-refractivity contribution in [1.82, 2.24) is 34.5 Å². The Morgan fingerprint density at radius 3 is 2.67 bits per heavy atom. The lowest BCUT2D eigenvalue weighted by atomic mass is 10.2. The van der Waals surface area contributed by atoms with Crippen molar-refractivity contribution in [2.24, 2.45) is 0 Å². The van der Waals surface area contributed by atoms with Gasteiger partial charge in [-0.1, -0.05) is 24.3 Å². The summed E-state index contributed by atoms with van der Waals surface area (Å²) >= 11 is 0. The van der Waals surface area contributed by atoms with E-state index < -0.39 is 0 Å². The Hall–Kier alpha value is -3.42. The zero-order valence-electron chi connectivity index (χ0n) is 12.5. The summed E-state index contributed by atoms with van der Waals surface area (Å²) in [5.74, 6) is 0.589. The Morgan fingerprint density at radius 2 is 1.92 bits per heavy atom. The SMILES string of the molecule is Fc1ccccc1Cn1nc(-c2ccccn2)nc1-n1cncn1. The number of aromatic nitrogens is 7. The fourth-order valence-electron chi connectivity index (χ4n) is 2.31. The van der Waals surface area contributed by atoms with Crippen molar-refractivity contribution in [2.45, 2.75) is 6.54 Å². The molecule has 118 valence electrons. The summed E-state index contributed by atoms with van der Waals surface area (Å²) in [7, 11) is 0. The average molecular weight is 321 g/mol. The molecular weight excluding hydrogens is 309 g/mol. The minimum absolute atomic E-state index is 0.224. The summed E-state index contributed by atoms with van der Waals surface area (Å²) < 4.78 is 17.0. The van der Waals surface area contributed by atoms with E-state index in [1.807, 2.05) is 18.2 Å². The molecule has 0 unspecified atom stereocenters. The topological polar surface area (TPSA) is 74.3 Å². The predicted octanol–water partition coefficient (Wildman–Crippen LogP) is 2.11. The van der Waals surface area contributed by atoms with Gasteiger partial charge in [0.1, 0.15) is 24.2 Å². The van der Waals surface area contributed by atoms with Crippen LogP contribution in [0.1, 0.15) is 5.56 Å². The zero-order chi connectivity index (χ0) is 16.4. The second kappa shape index (κ2) is 5.99. The van der Waals surface area contributed by atoms with Gasteiger partial charge in [-0.15, -0.1) is 5.10 Å². The maximum atomic E-state index is 14.0. The molecule has 0 saturated carbocycles. The van der Waals surface area contributed by atoms with Crippen LogP contribution in [0.15, 0.2) is 61.3 Å². The molecule has 8 heteroatoms. The summed E-state index contributed by atoms with van der Waals surface area (Å²) in [4.78, 5) is 12.7. The van der Waals surface area contributed by atoms with Crippen molar-refractivity contribution < 1.29 is 4.39 Å². The molecule has 4 rings (SSSR count). The second-order valence-electron chi connectivity index (χ2n) is 5.04. The van der Waals surface area contributed by atoms with Gasteiger partial charge >= 0.3 is 0 Å². The maximum Gasteiger partial charge on any atom is 0.251 e. The van der Waals surface area contributed by atoms with Crippen LogP contribution < -0.4 is 0 Å². The van der Waals surface area contributed by atoms with Crippen molar-refractivity contribution in [3.63, 3.8) is 0 Å². The van der Waals surface area contributed by atoms with E-state index in [1.54, 1.807) is 29.1 Å². The highest BCUT2D eigenvalue weighted by molar-refractivity contribution is 5.49. The first kappa shape index (κ1) is 14.2. The molecule has 0 saturated heterocycles. The second-order valence-corrected chi connectivity index (χ2v) is 5.04. The zero-order valence-corrected chi connectivity index (χ0v) is 12.5. The van der Waals surface area contributed by atoms with Gasteiger partial charge in [0.2, 0.25) is 5.82 Å². The summed E-state index contributed by atoms with van der Waals surface area (Å²) in [6.45, 7) is 0.224. The number of rotatable bonds is 4. The highest BCUT2D eigenvalue weighted by atomic mass is 19.1. The molecule has 0 bridgehead atoms. The van der Waals surface area contributed by atoms with Crippen molar-refractivity contribution in [1.29, 1.82) is 0 Å². The van der Waals surface area contributed by atoms with Gasteiger partial charge in [0.15, 0.2) is 0 Å². The van der Waals surface area contributed by atoms with E-state index in [9.17, 15) is 4.39 Å². The van der Waals surface area contributed by atoms with Gasteiger partial charge in [-0.25, -0.2) is 14.1 Å². The van der Waals surface area contributed by atoms with Crippen LogP contribution >= 0.6 is 0 Å². The smallest absolute Gasteiger partial charge is 0.251 e. The van der Waals surface area contributed by atoms with E-state index in [2.05, 4.69) is 25.1 Å². The van der Waals surface area contributed by atoms with Crippen LogP contribution in [0, 0.1) is 5.82 Å². The number of hydrogen-bond acceptors (Lipinski definition) is 5. The highest BCUT2D eigenvalue weighted by Gasteiger charge is 2.16. The van der Waals surface area contributed by atoms with Crippen LogP contribution in [0.25, 0.3) is 17.5 Å². The van der Waals surface area contributed by atoms with Crippen molar-refractivity contribution in [2.75, 3.05) is 0 Å². The summed E-state index contributed by atoms with van der Waals surface area (Å²) in [6.07, 6.45) is 4.59. The Bertz CT molecular complexity index is 948. The monoisotopic (exact) mass is 321 g/mol. The Kier molecular flexibility index (Phi) is 3.54. The standard InChI is InChI=1S/C16H12FN7/c17-13-6-2-1-5-12(13)9-23-16(24-11-18-10-20-24)21-15(22-23)14-7-3-4-8-19-14/h1-8,10-11H,9H2. The Labute approximate surface area is 136 Å². The minimum Gasteiger partial charge on any atom is -0.253 e. The molecule has 3 aromatic heterocycles. The van der Waals surface area contributed by atoms with Crippen LogP contribution in [0.5, 0.6) is 0 Å². The van der Waals surface area contributed by atoms with Crippen LogP contribution in [-0.4, -0.2) is 34.5 Å². The van der Waals surface area contributed by atoms with Crippen molar-refractivity contribution in [3.05, 3.63) is 72.7 Å². The fraction of sp³-hybridized carbons (Fsp3) is 0.0625. The molecule has 0 atom stereocenters. The quantitative estimate of drug-likeness (QED) is 0.575. The van der Waals surface area contributed by atoms with Gasteiger partial charge in [0, 0.05) is 11.8 Å². The third kappa shape index (κ3) is 2.65. The number of nitrogens with zero attached hydrogens (tertiary/aromatic N) is 7. The molecule has 0 spiro atoms. The number of benzene rings is 1. The number of pyridine rings is 1. The maximum absolute atomic E-state index is 14.0. The molecule has 0 aliphatic rings. The van der Waals surface area contributed by atoms with Gasteiger partial charge < -0.3 is 0 Å². The molecule has 7 nitrogen and oxygen atoms in total. The summed E-state index contributed by atoms with van der Waals surface area (Å²) in [6, 6.07) is 12.0. The third-order valence-corrected chi connectivity index (χ3v) is 3.45. The molecular formula is C16H12FN7. The Balaban J connectivity index is 1.80. The van der Waals surface area contributed by atoms with E-state index >= 15 is 0 Å². The molecule has 4 aromatic rings. The lowest BCUT2D eigenvalue weighted by Crippen LogP contribution is -2.10. The highest BCUT2D eigenvalue weighted by Crippen LogP contribution is 2.16. The molecule has 24 heavy (non-hydrogen) atoms. The van der Waals surface area contributed by atoms with Crippen molar-refractivity contribution >= 4 is 0 Å². The van der Waals surface area contributed by atoms with Crippen LogP contribution in [0.3, 0.4) is 0 Å². The average Bonchev–Trinajstić information content (AvgIpc) is 3.27. The van der Waals surface area contributed by atoms with Gasteiger partial charge in [-0.05, 0) is 18.2 Å². The summed E-state index contributed by atoms with van der Waals surface area (Å²) in [5.41, 5.74) is 1.14. The first-order valence-corrected chi connectivity index (χ1v) is 7.26. The van der Waals surface area contributed by atoms with Crippen molar-refractivity contribution in [3.8, 4) is 17.5 Å². The van der Waals surface area contributed by atoms with E-state index in [4.69, 9.17) is 0 Å². The van der Waals surface area contributed by atoms with Crippen LogP contribution in [0.4, 0.5) is 4.39 Å². The van der Waals surface area contributed by atoms with Gasteiger partial charge in [-0.2, -0.15) is 14.8 Å². The molecule has 0 aliphatic heterocycles. The number of hydrogen-bond donors (Lipinski definition) is 0. The van der Waals surface area contributed by atoms with E-state index in [-0.39, 0.29) is 12.4 Å². The molecule has 1 aromatic carbocycles. The van der Waals surface area contributed by atoms with Gasteiger partial charge in [-0.3, -0.25) is 4.98 Å². The van der Waals surface area contributed by atoms with E-state index in [0.717, 1.165) is 0 Å². The molecule has 0 N–H and O–H groups in total. The minimum atomic E-state index is -0.295. The lowest BCUT2D eigenvalue weighted by molar-refractivity contribution is 0.575. The molecule has 3 heterocycles. The van der Waals surface area contributed by atoms with E-state index in [0.29, 0.717) is 23.0 Å². The fourth-order valence-corrected chi connectivity index (χ4v) is 2.31. The van der Waals surface area contributed by atoms with Crippen LogP contribution in [0.2, 0.25) is 0 Å². The first-order chi connectivity index (χ1) is 11.8. The molecule has 0 fully saturated rings. The third-order valence-electron chi connectivity index (χ3n) is 3.45. The Morgan fingerprint density at radius 1 is 1.04 bits per heavy atom. The van der Waals surface area contributed by atoms with Gasteiger partial charge in [0.25, 0.3) is 5.95 Å². The van der Waals surface area contributed by atoms with E-state index in [1.165, 1.54) is 23.4 Å². The van der Waals surface area contributed by atoms with Crippen LogP contribution in [-0.2, 0) is 6.54 Å². The number of halogens is 1. The normalized spacial score (nSPS) is 10.9.